The summed E-state index contributed by atoms with van der Waals surface area (Å²) in [6, 6.07) is 6.59. The van der Waals surface area contributed by atoms with Gasteiger partial charge in [0.15, 0.2) is 5.16 Å². The Morgan fingerprint density at radius 2 is 1.93 bits per heavy atom. The van der Waals surface area contributed by atoms with Crippen molar-refractivity contribution in [2.75, 3.05) is 11.6 Å². The number of rotatable bonds is 5. The predicted molar refractivity (Wildman–Crippen MR) is 111 cm³/mol. The molecule has 0 unspecified atom stereocenters. The first-order valence-corrected chi connectivity index (χ1v) is 12.3. The average Bonchev–Trinajstić information content (AvgIpc) is 3.04. The first-order chi connectivity index (χ1) is 13.0. The van der Waals surface area contributed by atoms with Crippen molar-refractivity contribution < 1.29 is 8.42 Å². The smallest absolute Gasteiger partial charge is 0.238 e. The van der Waals surface area contributed by atoms with Crippen LogP contribution < -0.4 is 10.5 Å². The van der Waals surface area contributed by atoms with E-state index in [1.807, 2.05) is 6.26 Å². The van der Waals surface area contributed by atoms with Crippen LogP contribution >= 0.6 is 23.1 Å². The van der Waals surface area contributed by atoms with Crippen LogP contribution in [0.2, 0.25) is 0 Å². The number of aromatic nitrogens is 2. The third kappa shape index (κ3) is 3.82. The molecule has 0 radical (unpaired) electrons. The van der Waals surface area contributed by atoms with Crippen molar-refractivity contribution in [2.45, 2.75) is 42.3 Å². The zero-order valence-corrected chi connectivity index (χ0v) is 17.3. The summed E-state index contributed by atoms with van der Waals surface area (Å²) in [5.74, 6) is 0.860. The summed E-state index contributed by atoms with van der Waals surface area (Å²) in [5, 5.41) is 10.5. The van der Waals surface area contributed by atoms with E-state index in [1.165, 1.54) is 47.2 Å². The maximum atomic E-state index is 11.4. The lowest BCUT2D eigenvalue weighted by atomic mass is 9.97. The van der Waals surface area contributed by atoms with Crippen LogP contribution in [-0.2, 0) is 29.4 Å². The summed E-state index contributed by atoms with van der Waals surface area (Å²) in [5.41, 5.74) is 2.35. The quantitative estimate of drug-likeness (QED) is 0.484. The number of thiophene rings is 1. The number of hydrogen-bond acceptors (Lipinski definition) is 7. The molecule has 0 spiro atoms. The Hall–Kier alpha value is -1.68. The molecule has 6 nitrogen and oxygen atoms in total. The number of thioether (sulfide) groups is 1. The number of nitrogens with two attached hydrogens (primary N) is 1. The van der Waals surface area contributed by atoms with Crippen LogP contribution in [0.25, 0.3) is 10.2 Å². The van der Waals surface area contributed by atoms with E-state index >= 15 is 0 Å². The van der Waals surface area contributed by atoms with Gasteiger partial charge < -0.3 is 5.32 Å². The van der Waals surface area contributed by atoms with E-state index in [2.05, 4.69) is 5.32 Å². The minimum absolute atomic E-state index is 0.118. The van der Waals surface area contributed by atoms with Gasteiger partial charge in [0.05, 0.1) is 10.3 Å². The normalized spacial score (nSPS) is 14.3. The molecule has 1 aromatic carbocycles. The van der Waals surface area contributed by atoms with Crippen molar-refractivity contribution in [2.24, 2.45) is 5.14 Å². The molecular weight excluding hydrogens is 400 g/mol. The first kappa shape index (κ1) is 18.7. The van der Waals surface area contributed by atoms with Crippen molar-refractivity contribution in [3.63, 3.8) is 0 Å². The molecule has 3 N–H and O–H groups in total. The molecule has 0 aliphatic heterocycles. The lowest BCUT2D eigenvalue weighted by molar-refractivity contribution is 0.598. The van der Waals surface area contributed by atoms with E-state index < -0.39 is 10.0 Å². The zero-order valence-electron chi connectivity index (χ0n) is 14.9. The van der Waals surface area contributed by atoms with Gasteiger partial charge in [-0.3, -0.25) is 0 Å². The van der Waals surface area contributed by atoms with Crippen molar-refractivity contribution in [1.29, 1.82) is 0 Å². The fourth-order valence-electron chi connectivity index (χ4n) is 3.34. The Morgan fingerprint density at radius 3 is 2.63 bits per heavy atom. The largest absolute Gasteiger partial charge is 0.365 e. The zero-order chi connectivity index (χ0) is 19.0. The van der Waals surface area contributed by atoms with Gasteiger partial charge in [-0.2, -0.15) is 0 Å². The predicted octanol–water partition coefficient (Wildman–Crippen LogP) is 3.55. The highest BCUT2D eigenvalue weighted by Gasteiger charge is 2.21. The van der Waals surface area contributed by atoms with Crippen LogP contribution in [0.3, 0.4) is 0 Å². The number of hydrogen-bond donors (Lipinski definition) is 2. The van der Waals surface area contributed by atoms with Gasteiger partial charge in [-0.15, -0.1) is 11.3 Å². The lowest BCUT2D eigenvalue weighted by Crippen LogP contribution is -2.12. The van der Waals surface area contributed by atoms with E-state index in [0.29, 0.717) is 6.54 Å². The van der Waals surface area contributed by atoms with Crippen LogP contribution in [0.4, 0.5) is 5.82 Å². The molecule has 0 saturated carbocycles. The van der Waals surface area contributed by atoms with E-state index in [1.54, 1.807) is 23.5 Å². The molecule has 0 fully saturated rings. The summed E-state index contributed by atoms with van der Waals surface area (Å²) in [6.07, 6.45) is 6.62. The summed E-state index contributed by atoms with van der Waals surface area (Å²) < 4.78 is 22.8. The maximum absolute atomic E-state index is 11.4. The summed E-state index contributed by atoms with van der Waals surface area (Å²) >= 11 is 3.32. The van der Waals surface area contributed by atoms with Crippen molar-refractivity contribution >= 4 is 49.2 Å². The Morgan fingerprint density at radius 1 is 1.19 bits per heavy atom. The van der Waals surface area contributed by atoms with Crippen LogP contribution in [-0.4, -0.2) is 24.6 Å². The monoisotopic (exact) mass is 420 g/mol. The van der Waals surface area contributed by atoms with Crippen molar-refractivity contribution in [1.82, 2.24) is 9.97 Å². The molecule has 2 aromatic heterocycles. The van der Waals surface area contributed by atoms with Gasteiger partial charge >= 0.3 is 0 Å². The van der Waals surface area contributed by atoms with E-state index in [-0.39, 0.29) is 4.90 Å². The van der Waals surface area contributed by atoms with Gasteiger partial charge in [0.25, 0.3) is 0 Å². The van der Waals surface area contributed by atoms with E-state index in [9.17, 15) is 8.42 Å². The van der Waals surface area contributed by atoms with Crippen molar-refractivity contribution in [3.05, 3.63) is 40.3 Å². The SMILES string of the molecule is CSc1nc(NCc2ccc(S(N)(=O)=O)cc2)c2c3c(sc2n1)CCCC3. The average molecular weight is 421 g/mol. The summed E-state index contributed by atoms with van der Waals surface area (Å²) in [7, 11) is -3.67. The second kappa shape index (κ2) is 7.38. The highest BCUT2D eigenvalue weighted by molar-refractivity contribution is 7.98. The molecular formula is C18H20N4O2S3. The number of benzene rings is 1. The molecule has 27 heavy (non-hydrogen) atoms. The second-order valence-electron chi connectivity index (χ2n) is 6.49. The van der Waals surface area contributed by atoms with Gasteiger partial charge in [0.2, 0.25) is 10.0 Å². The fraction of sp³-hybridized carbons (Fsp3) is 0.333. The van der Waals surface area contributed by atoms with Gasteiger partial charge in [0.1, 0.15) is 10.6 Å². The molecule has 0 atom stereocenters. The molecule has 0 bridgehead atoms. The molecule has 9 heteroatoms. The molecule has 4 rings (SSSR count). The minimum atomic E-state index is -3.67. The number of anilines is 1. The Balaban J connectivity index is 1.66. The molecule has 3 aromatic rings. The van der Waals surface area contributed by atoms with Crippen LogP contribution in [0.15, 0.2) is 34.3 Å². The number of primary sulfonamides is 1. The number of fused-ring (bicyclic) bond motifs is 3. The Labute approximate surface area is 166 Å². The number of nitrogens with zero attached hydrogens (tertiary/aromatic N) is 2. The Kier molecular flexibility index (Phi) is 5.11. The lowest BCUT2D eigenvalue weighted by Gasteiger charge is -2.13. The number of nitrogens with one attached hydrogen (secondary N) is 1. The molecule has 0 saturated heterocycles. The third-order valence-corrected chi connectivity index (χ3v) is 7.35. The van der Waals surface area contributed by atoms with E-state index in [0.717, 1.165) is 39.6 Å². The van der Waals surface area contributed by atoms with Crippen LogP contribution in [0.1, 0.15) is 28.8 Å². The molecule has 142 valence electrons. The maximum Gasteiger partial charge on any atom is 0.238 e. The van der Waals surface area contributed by atoms with Crippen LogP contribution in [0, 0.1) is 0 Å². The third-order valence-electron chi connectivity index (χ3n) is 4.69. The van der Waals surface area contributed by atoms with Gasteiger partial charge in [0, 0.05) is 11.4 Å². The van der Waals surface area contributed by atoms with E-state index in [4.69, 9.17) is 15.1 Å². The number of sulfonamides is 1. The fourth-order valence-corrected chi connectivity index (χ4v) is 5.54. The Bertz CT molecular complexity index is 1090. The second-order valence-corrected chi connectivity index (χ2v) is 9.91. The van der Waals surface area contributed by atoms with Gasteiger partial charge in [-0.05, 0) is 55.2 Å². The molecule has 1 aliphatic rings. The summed E-state index contributed by atoms with van der Waals surface area (Å²) in [4.78, 5) is 12.0. The van der Waals surface area contributed by atoms with Crippen LogP contribution in [0.5, 0.6) is 0 Å². The number of aryl methyl sites for hydroxylation is 2. The standard InChI is InChI=1S/C18H20N4O2S3/c1-25-18-21-16(15-13-4-2-3-5-14(13)26-17(15)22-18)20-10-11-6-8-12(9-7-11)27(19,23)24/h6-9H,2-5,10H2,1H3,(H2,19,23,24)(H,20,21,22). The molecule has 0 amide bonds. The summed E-state index contributed by atoms with van der Waals surface area (Å²) in [6.45, 7) is 0.551. The van der Waals surface area contributed by atoms with Gasteiger partial charge in [-0.25, -0.2) is 23.5 Å². The topological polar surface area (TPSA) is 98.0 Å². The van der Waals surface area contributed by atoms with Crippen molar-refractivity contribution in [3.8, 4) is 0 Å². The highest BCUT2D eigenvalue weighted by atomic mass is 32.2. The molecule has 2 heterocycles. The highest BCUT2D eigenvalue weighted by Crippen LogP contribution is 2.39. The minimum Gasteiger partial charge on any atom is -0.365 e. The first-order valence-electron chi connectivity index (χ1n) is 8.67. The van der Waals surface area contributed by atoms with Gasteiger partial charge in [-0.1, -0.05) is 23.9 Å². The molecule has 1 aliphatic carbocycles.